The van der Waals surface area contributed by atoms with Crippen molar-refractivity contribution in [3.8, 4) is 5.75 Å². The zero-order valence-electron chi connectivity index (χ0n) is 10.5. The van der Waals surface area contributed by atoms with Gasteiger partial charge in [0.05, 0.1) is 10.5 Å². The van der Waals surface area contributed by atoms with Gasteiger partial charge in [-0.2, -0.15) is 0 Å². The number of ketones is 1. The molecule has 2 aromatic rings. The highest BCUT2D eigenvalue weighted by Gasteiger charge is 2.39. The van der Waals surface area contributed by atoms with E-state index in [4.69, 9.17) is 4.74 Å². The number of rotatable bonds is 2. The van der Waals surface area contributed by atoms with Gasteiger partial charge in [0.2, 0.25) is 0 Å². The highest BCUT2D eigenvalue weighted by atomic mass is 32.2. The molecule has 1 heterocycles. The second kappa shape index (κ2) is 4.76. The van der Waals surface area contributed by atoms with E-state index >= 15 is 0 Å². The van der Waals surface area contributed by atoms with Gasteiger partial charge in [-0.15, -0.1) is 0 Å². The Labute approximate surface area is 116 Å². The van der Waals surface area contributed by atoms with Gasteiger partial charge in [-0.05, 0) is 24.3 Å². The lowest BCUT2D eigenvalue weighted by molar-refractivity contribution is 0.0939. The summed E-state index contributed by atoms with van der Waals surface area (Å²) in [4.78, 5) is 12.5. The molecule has 102 valence electrons. The zero-order valence-corrected chi connectivity index (χ0v) is 11.3. The molecule has 1 aliphatic rings. The van der Waals surface area contributed by atoms with E-state index in [0.29, 0.717) is 11.3 Å². The molecule has 0 aliphatic carbocycles. The molecule has 1 unspecified atom stereocenters. The Hall–Kier alpha value is -2.14. The molecule has 4 nitrogen and oxygen atoms in total. The summed E-state index contributed by atoms with van der Waals surface area (Å²) >= 11 is 0. The minimum Gasteiger partial charge on any atom is -0.491 e. The van der Waals surface area contributed by atoms with Crippen LogP contribution in [0.25, 0.3) is 0 Å². The first kappa shape index (κ1) is 12.9. The van der Waals surface area contributed by atoms with Crippen molar-refractivity contribution in [1.82, 2.24) is 0 Å². The Balaban J connectivity index is 2.03. The van der Waals surface area contributed by atoms with E-state index in [0.717, 1.165) is 0 Å². The Morgan fingerprint density at radius 2 is 1.60 bits per heavy atom. The molecule has 0 amide bonds. The van der Waals surface area contributed by atoms with E-state index in [1.54, 1.807) is 42.5 Å². The summed E-state index contributed by atoms with van der Waals surface area (Å²) < 4.78 is 30.4. The summed E-state index contributed by atoms with van der Waals surface area (Å²) in [6.45, 7) is -0.146. The van der Waals surface area contributed by atoms with Crippen LogP contribution in [0.3, 0.4) is 0 Å². The van der Waals surface area contributed by atoms with Crippen LogP contribution in [-0.4, -0.2) is 26.1 Å². The fourth-order valence-corrected chi connectivity index (χ4v) is 3.74. The van der Waals surface area contributed by atoms with Crippen LogP contribution in [-0.2, 0) is 9.84 Å². The SMILES string of the molecule is O=C1c2ccccc2OCC1S(=O)(=O)c1ccccc1. The first-order valence-electron chi connectivity index (χ1n) is 6.16. The summed E-state index contributed by atoms with van der Waals surface area (Å²) in [5, 5.41) is -1.18. The maximum atomic E-state index is 12.5. The van der Waals surface area contributed by atoms with Crippen LogP contribution < -0.4 is 4.74 Å². The molecular formula is C15H12O4S. The van der Waals surface area contributed by atoms with Gasteiger partial charge in [0, 0.05) is 0 Å². The van der Waals surface area contributed by atoms with Crippen LogP contribution in [0.4, 0.5) is 0 Å². The smallest absolute Gasteiger partial charge is 0.192 e. The second-order valence-electron chi connectivity index (χ2n) is 4.52. The van der Waals surface area contributed by atoms with Crippen LogP contribution in [0.5, 0.6) is 5.75 Å². The number of hydrogen-bond acceptors (Lipinski definition) is 4. The highest BCUT2D eigenvalue weighted by Crippen LogP contribution is 2.29. The monoisotopic (exact) mass is 288 g/mol. The second-order valence-corrected chi connectivity index (χ2v) is 6.65. The molecule has 0 saturated carbocycles. The molecule has 2 aromatic carbocycles. The molecule has 5 heteroatoms. The lowest BCUT2D eigenvalue weighted by Gasteiger charge is -2.23. The lowest BCUT2D eigenvalue weighted by atomic mass is 10.1. The van der Waals surface area contributed by atoms with Gasteiger partial charge >= 0.3 is 0 Å². The number of hydrogen-bond donors (Lipinski definition) is 0. The number of Topliss-reactive ketones (excluding diaryl/α,β-unsaturated/α-hetero) is 1. The fourth-order valence-electron chi connectivity index (χ4n) is 2.22. The molecule has 0 spiro atoms. The summed E-state index contributed by atoms with van der Waals surface area (Å²) in [7, 11) is -3.73. The number of ether oxygens (including phenoxy) is 1. The maximum absolute atomic E-state index is 12.5. The third-order valence-electron chi connectivity index (χ3n) is 3.28. The molecule has 20 heavy (non-hydrogen) atoms. The summed E-state index contributed by atoms with van der Waals surface area (Å²) in [6, 6.07) is 14.7. The summed E-state index contributed by atoms with van der Waals surface area (Å²) in [5.74, 6) is 0.0349. The Morgan fingerprint density at radius 1 is 0.950 bits per heavy atom. The van der Waals surface area contributed by atoms with Gasteiger partial charge in [0.25, 0.3) is 0 Å². The van der Waals surface area contributed by atoms with Gasteiger partial charge in [-0.1, -0.05) is 30.3 Å². The average molecular weight is 288 g/mol. The predicted octanol–water partition coefficient (Wildman–Crippen LogP) is 2.10. The quantitative estimate of drug-likeness (QED) is 0.849. The van der Waals surface area contributed by atoms with E-state index in [-0.39, 0.29) is 11.5 Å². The minimum atomic E-state index is -3.73. The van der Waals surface area contributed by atoms with E-state index in [2.05, 4.69) is 0 Å². The standard InChI is InChI=1S/C15H12O4S/c16-15-12-8-4-5-9-13(12)19-10-14(15)20(17,18)11-6-2-1-3-7-11/h1-9,14H,10H2. The van der Waals surface area contributed by atoms with Crippen molar-refractivity contribution in [2.75, 3.05) is 6.61 Å². The number of carbonyl (C=O) groups excluding carboxylic acids is 1. The van der Waals surface area contributed by atoms with Crippen molar-refractivity contribution in [3.63, 3.8) is 0 Å². The third kappa shape index (κ3) is 2.00. The molecule has 0 N–H and O–H groups in total. The Morgan fingerprint density at radius 3 is 2.35 bits per heavy atom. The topological polar surface area (TPSA) is 60.4 Å². The molecule has 0 bridgehead atoms. The molecular weight excluding hydrogens is 276 g/mol. The number of fused-ring (bicyclic) bond motifs is 1. The predicted molar refractivity (Wildman–Crippen MR) is 73.7 cm³/mol. The van der Waals surface area contributed by atoms with Crippen LogP contribution in [0.1, 0.15) is 10.4 Å². The molecule has 0 radical (unpaired) electrons. The zero-order chi connectivity index (χ0) is 14.2. The Bertz CT molecular complexity index is 750. The van der Waals surface area contributed by atoms with E-state index in [9.17, 15) is 13.2 Å². The average Bonchev–Trinajstić information content (AvgIpc) is 2.48. The maximum Gasteiger partial charge on any atom is 0.192 e. The van der Waals surface area contributed by atoms with Crippen LogP contribution in [0, 0.1) is 0 Å². The molecule has 1 atom stereocenters. The molecule has 0 fully saturated rings. The molecule has 0 saturated heterocycles. The van der Waals surface area contributed by atoms with E-state index in [1.807, 2.05) is 0 Å². The summed E-state index contributed by atoms with van der Waals surface area (Å²) in [5.41, 5.74) is 0.322. The molecule has 1 aliphatic heterocycles. The van der Waals surface area contributed by atoms with Crippen molar-refractivity contribution in [1.29, 1.82) is 0 Å². The van der Waals surface area contributed by atoms with Gasteiger partial charge < -0.3 is 4.74 Å². The number of para-hydroxylation sites is 1. The number of carbonyl (C=O) groups is 1. The lowest BCUT2D eigenvalue weighted by Crippen LogP contribution is -2.39. The number of sulfone groups is 1. The van der Waals surface area contributed by atoms with Crippen LogP contribution >= 0.6 is 0 Å². The minimum absolute atomic E-state index is 0.140. The van der Waals surface area contributed by atoms with Crippen molar-refractivity contribution < 1.29 is 17.9 Å². The largest absolute Gasteiger partial charge is 0.491 e. The van der Waals surface area contributed by atoms with Crippen molar-refractivity contribution >= 4 is 15.6 Å². The first-order chi connectivity index (χ1) is 9.60. The normalized spacial score (nSPS) is 18.2. The Kier molecular flexibility index (Phi) is 3.06. The van der Waals surface area contributed by atoms with E-state index < -0.39 is 20.9 Å². The molecule has 3 rings (SSSR count). The first-order valence-corrected chi connectivity index (χ1v) is 7.70. The summed E-state index contributed by atoms with van der Waals surface area (Å²) in [6.07, 6.45) is 0. The van der Waals surface area contributed by atoms with Gasteiger partial charge in [-0.25, -0.2) is 8.42 Å². The third-order valence-corrected chi connectivity index (χ3v) is 5.31. The van der Waals surface area contributed by atoms with E-state index in [1.165, 1.54) is 12.1 Å². The van der Waals surface area contributed by atoms with Crippen LogP contribution in [0.15, 0.2) is 59.5 Å². The van der Waals surface area contributed by atoms with Crippen molar-refractivity contribution in [3.05, 3.63) is 60.2 Å². The molecule has 0 aromatic heterocycles. The number of benzene rings is 2. The van der Waals surface area contributed by atoms with Gasteiger partial charge in [0.1, 0.15) is 12.4 Å². The highest BCUT2D eigenvalue weighted by molar-refractivity contribution is 7.92. The van der Waals surface area contributed by atoms with Crippen molar-refractivity contribution in [2.24, 2.45) is 0 Å². The van der Waals surface area contributed by atoms with Gasteiger partial charge in [0.15, 0.2) is 20.9 Å². The van der Waals surface area contributed by atoms with Gasteiger partial charge in [-0.3, -0.25) is 4.79 Å². The fraction of sp³-hybridized carbons (Fsp3) is 0.133. The van der Waals surface area contributed by atoms with Crippen molar-refractivity contribution in [2.45, 2.75) is 10.1 Å². The van der Waals surface area contributed by atoms with Crippen LogP contribution in [0.2, 0.25) is 0 Å².